The van der Waals surface area contributed by atoms with Gasteiger partial charge in [-0.1, -0.05) is 58.4 Å². The van der Waals surface area contributed by atoms with Crippen LogP contribution in [-0.2, 0) is 13.1 Å². The summed E-state index contributed by atoms with van der Waals surface area (Å²) in [4.78, 5) is 2.32. The quantitative estimate of drug-likeness (QED) is 0.820. The molecule has 0 aliphatic heterocycles. The van der Waals surface area contributed by atoms with Gasteiger partial charge in [-0.3, -0.25) is 4.90 Å². The van der Waals surface area contributed by atoms with Gasteiger partial charge in [0.1, 0.15) is 0 Å². The molecule has 2 heteroatoms. The first-order valence-corrected chi connectivity index (χ1v) is 6.50. The van der Waals surface area contributed by atoms with Crippen LogP contribution in [0, 0.1) is 0 Å². The van der Waals surface area contributed by atoms with Gasteiger partial charge in [0, 0.05) is 17.6 Å². The van der Waals surface area contributed by atoms with Crippen LogP contribution >= 0.6 is 15.9 Å². The van der Waals surface area contributed by atoms with E-state index >= 15 is 0 Å². The smallest absolute Gasteiger partial charge is 0.0234 e. The van der Waals surface area contributed by atoms with E-state index in [4.69, 9.17) is 0 Å². The van der Waals surface area contributed by atoms with Gasteiger partial charge >= 0.3 is 0 Å². The molecule has 88 valence electrons. The molecular formula is C15H16BrN. The van der Waals surface area contributed by atoms with Gasteiger partial charge in [-0.2, -0.15) is 0 Å². The van der Waals surface area contributed by atoms with Gasteiger partial charge in [-0.15, -0.1) is 0 Å². The fourth-order valence-corrected chi connectivity index (χ4v) is 2.34. The van der Waals surface area contributed by atoms with E-state index in [0.29, 0.717) is 0 Å². The third kappa shape index (κ3) is 3.99. The van der Waals surface area contributed by atoms with Gasteiger partial charge in [0.15, 0.2) is 0 Å². The average molecular weight is 290 g/mol. The van der Waals surface area contributed by atoms with Crippen LogP contribution in [0.3, 0.4) is 0 Å². The third-order valence-corrected chi connectivity index (χ3v) is 3.13. The lowest BCUT2D eigenvalue weighted by atomic mass is 10.2. The molecule has 0 N–H and O–H groups in total. The van der Waals surface area contributed by atoms with Gasteiger partial charge in [0.2, 0.25) is 0 Å². The Kier molecular flexibility index (Phi) is 4.35. The standard InChI is InChI=1S/C15H16BrN/c1-17(11-13-6-3-2-4-7-13)12-14-8-5-9-15(16)10-14/h2-10H,11-12H2,1H3. The minimum atomic E-state index is 0.967. The lowest BCUT2D eigenvalue weighted by molar-refractivity contribution is 0.319. The molecule has 0 heterocycles. The van der Waals surface area contributed by atoms with Crippen LogP contribution in [0.25, 0.3) is 0 Å². The zero-order valence-electron chi connectivity index (χ0n) is 9.94. The van der Waals surface area contributed by atoms with Crippen molar-refractivity contribution in [1.29, 1.82) is 0 Å². The van der Waals surface area contributed by atoms with Crippen LogP contribution in [0.4, 0.5) is 0 Å². The molecule has 0 saturated heterocycles. The van der Waals surface area contributed by atoms with Crippen molar-refractivity contribution in [2.24, 2.45) is 0 Å². The summed E-state index contributed by atoms with van der Waals surface area (Å²) in [7, 11) is 2.15. The first kappa shape index (κ1) is 12.3. The molecule has 0 atom stereocenters. The summed E-state index contributed by atoms with van der Waals surface area (Å²) in [5.74, 6) is 0. The Balaban J connectivity index is 1.96. The Hall–Kier alpha value is -1.12. The molecule has 2 aromatic rings. The van der Waals surface area contributed by atoms with E-state index < -0.39 is 0 Å². The molecule has 0 amide bonds. The van der Waals surface area contributed by atoms with E-state index in [-0.39, 0.29) is 0 Å². The first-order chi connectivity index (χ1) is 8.24. The summed E-state index contributed by atoms with van der Waals surface area (Å²) in [6, 6.07) is 19.0. The molecule has 0 bridgehead atoms. The molecule has 0 aromatic heterocycles. The van der Waals surface area contributed by atoms with Crippen LogP contribution in [0.5, 0.6) is 0 Å². The van der Waals surface area contributed by atoms with Crippen molar-refractivity contribution in [3.05, 3.63) is 70.2 Å². The molecule has 2 rings (SSSR count). The van der Waals surface area contributed by atoms with Crippen molar-refractivity contribution in [2.75, 3.05) is 7.05 Å². The van der Waals surface area contributed by atoms with Gasteiger partial charge in [0.05, 0.1) is 0 Å². The molecule has 0 aliphatic rings. The predicted molar refractivity (Wildman–Crippen MR) is 75.8 cm³/mol. The van der Waals surface area contributed by atoms with Gasteiger partial charge < -0.3 is 0 Å². The molecule has 0 saturated carbocycles. The van der Waals surface area contributed by atoms with E-state index in [1.54, 1.807) is 0 Å². The Morgan fingerprint density at radius 3 is 2.24 bits per heavy atom. The highest BCUT2D eigenvalue weighted by atomic mass is 79.9. The Morgan fingerprint density at radius 2 is 1.53 bits per heavy atom. The summed E-state index contributed by atoms with van der Waals surface area (Å²) in [6.45, 7) is 1.95. The van der Waals surface area contributed by atoms with Crippen molar-refractivity contribution in [2.45, 2.75) is 13.1 Å². The van der Waals surface area contributed by atoms with Crippen LogP contribution in [0.15, 0.2) is 59.1 Å². The third-order valence-electron chi connectivity index (χ3n) is 2.64. The molecule has 0 spiro atoms. The van der Waals surface area contributed by atoms with Gasteiger partial charge in [-0.25, -0.2) is 0 Å². The second-order valence-corrected chi connectivity index (χ2v) is 5.20. The number of hydrogen-bond donors (Lipinski definition) is 0. The van der Waals surface area contributed by atoms with Crippen molar-refractivity contribution in [3.63, 3.8) is 0 Å². The molecule has 17 heavy (non-hydrogen) atoms. The number of nitrogens with zero attached hydrogens (tertiary/aromatic N) is 1. The maximum Gasteiger partial charge on any atom is 0.0234 e. The molecule has 0 aliphatic carbocycles. The molecule has 0 fully saturated rings. The molecule has 1 nitrogen and oxygen atoms in total. The SMILES string of the molecule is CN(Cc1ccccc1)Cc1cccc(Br)c1. The monoisotopic (exact) mass is 289 g/mol. The van der Waals surface area contributed by atoms with Crippen molar-refractivity contribution < 1.29 is 0 Å². The highest BCUT2D eigenvalue weighted by molar-refractivity contribution is 9.10. The average Bonchev–Trinajstić information content (AvgIpc) is 2.30. The van der Waals surface area contributed by atoms with Gasteiger partial charge in [0.25, 0.3) is 0 Å². The highest BCUT2D eigenvalue weighted by Crippen LogP contribution is 2.14. The number of rotatable bonds is 4. The summed E-state index contributed by atoms with van der Waals surface area (Å²) < 4.78 is 1.14. The molecule has 0 radical (unpaired) electrons. The summed E-state index contributed by atoms with van der Waals surface area (Å²) >= 11 is 3.50. The van der Waals surface area contributed by atoms with E-state index in [1.165, 1.54) is 11.1 Å². The lowest BCUT2D eigenvalue weighted by Crippen LogP contribution is -2.17. The normalized spacial score (nSPS) is 10.8. The number of hydrogen-bond acceptors (Lipinski definition) is 1. The Bertz CT molecular complexity index is 467. The van der Waals surface area contributed by atoms with E-state index in [1.807, 2.05) is 0 Å². The van der Waals surface area contributed by atoms with Gasteiger partial charge in [-0.05, 0) is 30.3 Å². The maximum atomic E-state index is 3.50. The van der Waals surface area contributed by atoms with Crippen LogP contribution in [0.1, 0.15) is 11.1 Å². The van der Waals surface area contributed by atoms with Crippen molar-refractivity contribution in [3.8, 4) is 0 Å². The van der Waals surface area contributed by atoms with E-state index in [0.717, 1.165) is 17.6 Å². The second-order valence-electron chi connectivity index (χ2n) is 4.29. The minimum absolute atomic E-state index is 0.967. The fraction of sp³-hybridized carbons (Fsp3) is 0.200. The zero-order chi connectivity index (χ0) is 12.1. The van der Waals surface area contributed by atoms with Crippen molar-refractivity contribution in [1.82, 2.24) is 4.90 Å². The Labute approximate surface area is 111 Å². The summed E-state index contributed by atoms with van der Waals surface area (Å²) in [6.07, 6.45) is 0. The van der Waals surface area contributed by atoms with Crippen LogP contribution < -0.4 is 0 Å². The fourth-order valence-electron chi connectivity index (χ4n) is 1.90. The largest absolute Gasteiger partial charge is 0.298 e. The minimum Gasteiger partial charge on any atom is -0.298 e. The Morgan fingerprint density at radius 1 is 0.882 bits per heavy atom. The highest BCUT2D eigenvalue weighted by Gasteiger charge is 2.01. The topological polar surface area (TPSA) is 3.24 Å². The zero-order valence-corrected chi connectivity index (χ0v) is 11.5. The number of halogens is 1. The first-order valence-electron chi connectivity index (χ1n) is 5.71. The molecular weight excluding hydrogens is 274 g/mol. The summed E-state index contributed by atoms with van der Waals surface area (Å²) in [5.41, 5.74) is 2.68. The van der Waals surface area contributed by atoms with E-state index in [9.17, 15) is 0 Å². The number of benzene rings is 2. The maximum absolute atomic E-state index is 3.50. The van der Waals surface area contributed by atoms with Crippen molar-refractivity contribution >= 4 is 15.9 Å². The lowest BCUT2D eigenvalue weighted by Gasteiger charge is -2.16. The predicted octanol–water partition coefficient (Wildman–Crippen LogP) is 4.08. The second kappa shape index (κ2) is 5.99. The van der Waals surface area contributed by atoms with Crippen LogP contribution in [0.2, 0.25) is 0 Å². The summed E-state index contributed by atoms with van der Waals surface area (Å²) in [5, 5.41) is 0. The van der Waals surface area contributed by atoms with E-state index in [2.05, 4.69) is 82.5 Å². The van der Waals surface area contributed by atoms with Crippen LogP contribution in [-0.4, -0.2) is 11.9 Å². The molecule has 0 unspecified atom stereocenters. The molecule has 2 aromatic carbocycles.